The number of anilines is 1. The van der Waals surface area contributed by atoms with Crippen LogP contribution in [0.15, 0.2) is 54.7 Å². The maximum atomic E-state index is 13.3. The molecule has 1 aromatic heterocycles. The van der Waals surface area contributed by atoms with Crippen LogP contribution in [0.5, 0.6) is 5.75 Å². The number of nitriles is 1. The molecule has 0 unspecified atom stereocenters. The highest BCUT2D eigenvalue weighted by Crippen LogP contribution is 2.33. The number of benzene rings is 2. The first kappa shape index (κ1) is 19.8. The molecule has 32 heavy (non-hydrogen) atoms. The summed E-state index contributed by atoms with van der Waals surface area (Å²) in [6.45, 7) is 1.04. The zero-order valence-corrected chi connectivity index (χ0v) is 17.6. The van der Waals surface area contributed by atoms with Crippen LogP contribution in [0.2, 0.25) is 0 Å². The van der Waals surface area contributed by atoms with Gasteiger partial charge < -0.3 is 14.5 Å². The van der Waals surface area contributed by atoms with E-state index in [2.05, 4.69) is 11.2 Å². The third kappa shape index (κ3) is 3.38. The van der Waals surface area contributed by atoms with Crippen LogP contribution in [0.3, 0.4) is 0 Å². The number of ether oxygens (including phenoxy) is 1. The number of likely N-dealkylation sites (N-methyl/N-ethyl adjacent to an activating group) is 1. The Kier molecular flexibility index (Phi) is 4.86. The molecule has 0 fully saturated rings. The molecule has 160 valence electrons. The van der Waals surface area contributed by atoms with Gasteiger partial charge in [0.15, 0.2) is 5.69 Å². The summed E-state index contributed by atoms with van der Waals surface area (Å²) in [4.78, 5) is 29.6. The minimum absolute atomic E-state index is 0.0495. The lowest BCUT2D eigenvalue weighted by Crippen LogP contribution is -2.54. The summed E-state index contributed by atoms with van der Waals surface area (Å²) < 4.78 is 7.66. The number of amides is 2. The molecular formula is C24H21N5O3. The van der Waals surface area contributed by atoms with E-state index < -0.39 is 6.04 Å². The molecule has 2 aromatic carbocycles. The van der Waals surface area contributed by atoms with Crippen molar-refractivity contribution in [3.05, 3.63) is 77.1 Å². The number of rotatable bonds is 3. The average Bonchev–Trinajstić information content (AvgIpc) is 3.18. The molecule has 3 heterocycles. The molecular weight excluding hydrogens is 406 g/mol. The number of hydrogen-bond acceptors (Lipinski definition) is 5. The lowest BCUT2D eigenvalue weighted by atomic mass is 10.0. The first-order valence-corrected chi connectivity index (χ1v) is 10.4. The van der Waals surface area contributed by atoms with Crippen molar-refractivity contribution in [2.75, 3.05) is 25.1 Å². The molecule has 0 bridgehead atoms. The van der Waals surface area contributed by atoms with Crippen LogP contribution in [0.1, 0.15) is 27.2 Å². The highest BCUT2D eigenvalue weighted by molar-refractivity contribution is 6.03. The summed E-state index contributed by atoms with van der Waals surface area (Å²) in [5, 5.41) is 13.7. The summed E-state index contributed by atoms with van der Waals surface area (Å²) >= 11 is 0. The lowest BCUT2D eigenvalue weighted by Gasteiger charge is -2.33. The van der Waals surface area contributed by atoms with E-state index in [-0.39, 0.29) is 18.4 Å². The van der Waals surface area contributed by atoms with Gasteiger partial charge in [-0.05, 0) is 30.2 Å². The van der Waals surface area contributed by atoms with Crippen molar-refractivity contribution in [1.29, 1.82) is 5.26 Å². The normalized spacial score (nSPS) is 17.8. The molecule has 0 aliphatic carbocycles. The molecule has 1 atom stereocenters. The van der Waals surface area contributed by atoms with Crippen LogP contribution >= 0.6 is 0 Å². The van der Waals surface area contributed by atoms with Crippen LogP contribution in [0, 0.1) is 11.3 Å². The molecule has 2 amide bonds. The first-order valence-electron chi connectivity index (χ1n) is 10.4. The topological polar surface area (TPSA) is 91.5 Å². The number of fused-ring (bicyclic) bond motifs is 2. The second kappa shape index (κ2) is 7.85. The minimum Gasteiger partial charge on any atom is -0.489 e. The first-order chi connectivity index (χ1) is 15.5. The standard InChI is InChI=1S/C24H21N5O3/c1-27-19-11-17(12-25)7-8-21(19)32-15-20(23(27)30)29-10-9-18-14-28(26-22(18)24(29)31)13-16-5-3-2-4-6-16/h2-8,11,14,20H,9-10,13,15H2,1H3/t20-/m0/s1. The maximum Gasteiger partial charge on any atom is 0.275 e. The zero-order chi connectivity index (χ0) is 22.2. The summed E-state index contributed by atoms with van der Waals surface area (Å²) in [5.74, 6) is -0.00363. The molecule has 8 nitrogen and oxygen atoms in total. The number of nitrogens with zero attached hydrogens (tertiary/aromatic N) is 5. The summed E-state index contributed by atoms with van der Waals surface area (Å²) in [6.07, 6.45) is 2.53. The second-order valence-electron chi connectivity index (χ2n) is 7.95. The molecule has 3 aromatic rings. The van der Waals surface area contributed by atoms with Crippen LogP contribution in [-0.2, 0) is 17.8 Å². The number of aromatic nitrogens is 2. The van der Waals surface area contributed by atoms with Gasteiger partial charge in [-0.25, -0.2) is 0 Å². The van der Waals surface area contributed by atoms with Gasteiger partial charge in [-0.15, -0.1) is 0 Å². The smallest absolute Gasteiger partial charge is 0.275 e. The fraction of sp³-hybridized carbons (Fsp3) is 0.250. The molecule has 8 heteroatoms. The van der Waals surface area contributed by atoms with Gasteiger partial charge in [0.25, 0.3) is 11.8 Å². The third-order valence-electron chi connectivity index (χ3n) is 5.95. The van der Waals surface area contributed by atoms with Crippen LogP contribution in [0.25, 0.3) is 0 Å². The van der Waals surface area contributed by atoms with Crippen molar-refractivity contribution in [3.8, 4) is 11.8 Å². The van der Waals surface area contributed by atoms with Gasteiger partial charge in [0.2, 0.25) is 0 Å². The molecule has 0 radical (unpaired) electrons. The van der Waals surface area contributed by atoms with E-state index in [4.69, 9.17) is 4.74 Å². The van der Waals surface area contributed by atoms with Crippen molar-refractivity contribution < 1.29 is 14.3 Å². The van der Waals surface area contributed by atoms with Crippen molar-refractivity contribution in [2.24, 2.45) is 0 Å². The second-order valence-corrected chi connectivity index (χ2v) is 7.95. The van der Waals surface area contributed by atoms with E-state index in [1.807, 2.05) is 36.5 Å². The molecule has 5 rings (SSSR count). The van der Waals surface area contributed by atoms with E-state index in [9.17, 15) is 14.9 Å². The van der Waals surface area contributed by atoms with Crippen LogP contribution in [-0.4, -0.2) is 52.7 Å². The molecule has 2 aliphatic rings. The van der Waals surface area contributed by atoms with Crippen molar-refractivity contribution in [3.63, 3.8) is 0 Å². The van der Waals surface area contributed by atoms with E-state index in [0.29, 0.717) is 42.2 Å². The largest absolute Gasteiger partial charge is 0.489 e. The maximum absolute atomic E-state index is 13.3. The van der Waals surface area contributed by atoms with Gasteiger partial charge in [-0.1, -0.05) is 30.3 Å². The molecule has 0 N–H and O–H groups in total. The van der Waals surface area contributed by atoms with Crippen molar-refractivity contribution in [1.82, 2.24) is 14.7 Å². The van der Waals surface area contributed by atoms with Gasteiger partial charge in [-0.3, -0.25) is 14.3 Å². The minimum atomic E-state index is -0.766. The Morgan fingerprint density at radius 2 is 2.00 bits per heavy atom. The van der Waals surface area contributed by atoms with Crippen LogP contribution in [0.4, 0.5) is 5.69 Å². The predicted molar refractivity (Wildman–Crippen MR) is 116 cm³/mol. The van der Waals surface area contributed by atoms with Gasteiger partial charge in [0, 0.05) is 25.4 Å². The molecule has 0 saturated heterocycles. The predicted octanol–water partition coefficient (Wildman–Crippen LogP) is 2.23. The highest BCUT2D eigenvalue weighted by atomic mass is 16.5. The van der Waals surface area contributed by atoms with E-state index in [1.165, 1.54) is 4.90 Å². The summed E-state index contributed by atoms with van der Waals surface area (Å²) in [7, 11) is 1.64. The van der Waals surface area contributed by atoms with Crippen molar-refractivity contribution in [2.45, 2.75) is 19.0 Å². The SMILES string of the molecule is CN1C(=O)[C@@H](N2CCc3cn(Cc4ccccc4)nc3C2=O)COc2ccc(C#N)cc21. The zero-order valence-electron chi connectivity index (χ0n) is 17.6. The lowest BCUT2D eigenvalue weighted by molar-refractivity contribution is -0.123. The Bertz CT molecular complexity index is 1240. The van der Waals surface area contributed by atoms with E-state index in [0.717, 1.165) is 11.1 Å². The number of hydrogen-bond donors (Lipinski definition) is 0. The number of carbonyl (C=O) groups is 2. The van der Waals surface area contributed by atoms with Crippen LogP contribution < -0.4 is 9.64 Å². The van der Waals surface area contributed by atoms with Gasteiger partial charge in [0.05, 0.1) is 23.9 Å². The summed E-state index contributed by atoms with van der Waals surface area (Å²) in [5.41, 5.74) is 3.33. The van der Waals surface area contributed by atoms with E-state index in [1.54, 1.807) is 34.8 Å². The molecule has 2 aliphatic heterocycles. The highest BCUT2D eigenvalue weighted by Gasteiger charge is 2.39. The summed E-state index contributed by atoms with van der Waals surface area (Å²) in [6, 6.07) is 16.2. The Morgan fingerprint density at radius 1 is 1.19 bits per heavy atom. The van der Waals surface area contributed by atoms with Crippen molar-refractivity contribution >= 4 is 17.5 Å². The average molecular weight is 427 g/mol. The molecule has 0 saturated carbocycles. The van der Waals surface area contributed by atoms with E-state index >= 15 is 0 Å². The Balaban J connectivity index is 1.39. The van der Waals surface area contributed by atoms with Gasteiger partial charge in [-0.2, -0.15) is 10.4 Å². The molecule has 0 spiro atoms. The van der Waals surface area contributed by atoms with Gasteiger partial charge >= 0.3 is 0 Å². The quantitative estimate of drug-likeness (QED) is 0.639. The monoisotopic (exact) mass is 427 g/mol. The fourth-order valence-corrected chi connectivity index (χ4v) is 4.23. The fourth-order valence-electron chi connectivity index (χ4n) is 4.23. The Labute approximate surface area is 185 Å². The Hall–Kier alpha value is -4.12. The Morgan fingerprint density at radius 3 is 2.78 bits per heavy atom. The number of carbonyl (C=O) groups excluding carboxylic acids is 2. The van der Waals surface area contributed by atoms with Gasteiger partial charge in [0.1, 0.15) is 18.4 Å². The third-order valence-corrected chi connectivity index (χ3v) is 5.95.